The van der Waals surface area contributed by atoms with E-state index in [2.05, 4.69) is 21.8 Å². The summed E-state index contributed by atoms with van der Waals surface area (Å²) in [6, 6.07) is 6.95. The Morgan fingerprint density at radius 1 is 1.25 bits per heavy atom. The fraction of sp³-hybridized carbons (Fsp3) is 0.533. The summed E-state index contributed by atoms with van der Waals surface area (Å²) in [5, 5.41) is 2.84. The number of benzene rings is 1. The maximum Gasteiger partial charge on any atom is 0.254 e. The molecule has 2 aromatic rings. The largest absolute Gasteiger partial charge is 0.328 e. The summed E-state index contributed by atoms with van der Waals surface area (Å²) < 4.78 is 28.1. The van der Waals surface area contributed by atoms with Gasteiger partial charge in [-0.15, -0.1) is 0 Å². The van der Waals surface area contributed by atoms with Crippen molar-refractivity contribution in [1.29, 1.82) is 0 Å². The fourth-order valence-corrected chi connectivity index (χ4v) is 2.46. The average molecular weight is 281 g/mol. The number of imidazole rings is 1. The lowest BCUT2D eigenvalue weighted by Gasteiger charge is -2.17. The smallest absolute Gasteiger partial charge is 0.254 e. The van der Waals surface area contributed by atoms with Crippen LogP contribution in [0.15, 0.2) is 24.3 Å². The number of halogens is 2. The van der Waals surface area contributed by atoms with E-state index >= 15 is 0 Å². The third-order valence-corrected chi connectivity index (χ3v) is 3.35. The fourth-order valence-electron chi connectivity index (χ4n) is 2.46. The van der Waals surface area contributed by atoms with Crippen LogP contribution in [0.25, 0.3) is 11.0 Å². The number of para-hydroxylation sites is 2. The van der Waals surface area contributed by atoms with Gasteiger partial charge in [-0.05, 0) is 25.1 Å². The van der Waals surface area contributed by atoms with Gasteiger partial charge in [0.15, 0.2) is 0 Å². The molecular formula is C15H21F2N3. The van der Waals surface area contributed by atoms with Crippen LogP contribution in [0.5, 0.6) is 0 Å². The van der Waals surface area contributed by atoms with Crippen molar-refractivity contribution < 1.29 is 8.78 Å². The van der Waals surface area contributed by atoms with Crippen molar-refractivity contribution in [3.8, 4) is 0 Å². The zero-order valence-corrected chi connectivity index (χ0v) is 11.9. The van der Waals surface area contributed by atoms with Crippen LogP contribution < -0.4 is 5.32 Å². The molecule has 1 aromatic carbocycles. The molecule has 0 aliphatic heterocycles. The summed E-state index contributed by atoms with van der Waals surface area (Å²) in [7, 11) is 0. The van der Waals surface area contributed by atoms with Gasteiger partial charge in [-0.25, -0.2) is 13.8 Å². The Hall–Kier alpha value is -1.49. The summed E-state index contributed by atoms with van der Waals surface area (Å²) in [6.45, 7) is 5.25. The standard InChI is InChI=1S/C15H21F2N3/c1-3-9-20-13-8-6-5-7-11(13)19-14(20)10-12(15(16)17)18-4-2/h5-8,12,15,18H,3-4,9-10H2,1-2H3. The monoisotopic (exact) mass is 281 g/mol. The van der Waals surface area contributed by atoms with Gasteiger partial charge in [-0.2, -0.15) is 0 Å². The molecule has 1 unspecified atom stereocenters. The van der Waals surface area contributed by atoms with E-state index in [1.54, 1.807) is 0 Å². The lowest BCUT2D eigenvalue weighted by molar-refractivity contribution is 0.0977. The number of fused-ring (bicyclic) bond motifs is 1. The molecule has 0 spiro atoms. The first-order valence-corrected chi connectivity index (χ1v) is 7.13. The summed E-state index contributed by atoms with van der Waals surface area (Å²) in [6.07, 6.45) is -1.18. The predicted octanol–water partition coefficient (Wildman–Crippen LogP) is 3.23. The predicted molar refractivity (Wildman–Crippen MR) is 77.2 cm³/mol. The van der Waals surface area contributed by atoms with Gasteiger partial charge < -0.3 is 9.88 Å². The van der Waals surface area contributed by atoms with Gasteiger partial charge in [0.2, 0.25) is 0 Å². The second-order valence-electron chi connectivity index (χ2n) is 4.87. The number of aryl methyl sites for hydroxylation is 1. The highest BCUT2D eigenvalue weighted by atomic mass is 19.3. The molecule has 0 aliphatic rings. The number of aromatic nitrogens is 2. The van der Waals surface area contributed by atoms with E-state index in [-0.39, 0.29) is 6.42 Å². The molecule has 0 aliphatic carbocycles. The molecule has 1 N–H and O–H groups in total. The van der Waals surface area contributed by atoms with E-state index in [4.69, 9.17) is 0 Å². The van der Waals surface area contributed by atoms with Crippen LogP contribution in [0.4, 0.5) is 8.78 Å². The third kappa shape index (κ3) is 3.15. The summed E-state index contributed by atoms with van der Waals surface area (Å²) >= 11 is 0. The minimum absolute atomic E-state index is 0.250. The molecule has 0 amide bonds. The number of nitrogens with zero attached hydrogens (tertiary/aromatic N) is 2. The van der Waals surface area contributed by atoms with Crippen molar-refractivity contribution in [2.75, 3.05) is 6.54 Å². The maximum atomic E-state index is 13.0. The molecule has 2 rings (SSSR count). The van der Waals surface area contributed by atoms with Crippen molar-refractivity contribution in [2.45, 2.75) is 45.7 Å². The number of rotatable bonds is 7. The quantitative estimate of drug-likeness (QED) is 0.844. The Bertz CT molecular complexity index is 551. The van der Waals surface area contributed by atoms with E-state index in [0.717, 1.165) is 29.8 Å². The normalized spacial score (nSPS) is 13.2. The Morgan fingerprint density at radius 3 is 2.65 bits per heavy atom. The van der Waals surface area contributed by atoms with Crippen LogP contribution >= 0.6 is 0 Å². The van der Waals surface area contributed by atoms with Gasteiger partial charge in [0.1, 0.15) is 5.82 Å². The molecule has 0 bridgehead atoms. The Labute approximate surface area is 118 Å². The number of nitrogens with one attached hydrogen (secondary N) is 1. The summed E-state index contributed by atoms with van der Waals surface area (Å²) in [5.41, 5.74) is 1.90. The van der Waals surface area contributed by atoms with Gasteiger partial charge >= 0.3 is 0 Å². The molecule has 1 aromatic heterocycles. The van der Waals surface area contributed by atoms with Gasteiger partial charge in [0.05, 0.1) is 17.1 Å². The van der Waals surface area contributed by atoms with Gasteiger partial charge in [-0.1, -0.05) is 26.0 Å². The molecule has 3 nitrogen and oxygen atoms in total. The van der Waals surface area contributed by atoms with Gasteiger partial charge in [-0.3, -0.25) is 0 Å². The molecule has 0 saturated heterocycles. The Morgan fingerprint density at radius 2 is 2.00 bits per heavy atom. The SMILES string of the molecule is CCCn1c(CC(NCC)C(F)F)nc2ccccc21. The molecule has 0 fully saturated rings. The second kappa shape index (κ2) is 6.79. The number of alkyl halides is 2. The van der Waals surface area contributed by atoms with Crippen molar-refractivity contribution >= 4 is 11.0 Å². The van der Waals surface area contributed by atoms with E-state index in [0.29, 0.717) is 6.54 Å². The third-order valence-electron chi connectivity index (χ3n) is 3.35. The van der Waals surface area contributed by atoms with E-state index in [9.17, 15) is 8.78 Å². The summed E-state index contributed by atoms with van der Waals surface area (Å²) in [5.74, 6) is 0.735. The summed E-state index contributed by atoms with van der Waals surface area (Å²) in [4.78, 5) is 4.53. The number of likely N-dealkylation sites (N-methyl/N-ethyl adjacent to an activating group) is 1. The molecule has 0 saturated carbocycles. The van der Waals surface area contributed by atoms with Crippen LogP contribution in [0.3, 0.4) is 0 Å². The molecule has 1 heterocycles. The number of hydrogen-bond acceptors (Lipinski definition) is 2. The average Bonchev–Trinajstić information content (AvgIpc) is 2.77. The lowest BCUT2D eigenvalue weighted by atomic mass is 10.2. The topological polar surface area (TPSA) is 29.9 Å². The Kier molecular flexibility index (Phi) is 5.06. The minimum atomic E-state index is -2.38. The van der Waals surface area contributed by atoms with Crippen LogP contribution in [-0.2, 0) is 13.0 Å². The van der Waals surface area contributed by atoms with Crippen molar-refractivity contribution in [3.05, 3.63) is 30.1 Å². The van der Waals surface area contributed by atoms with Crippen LogP contribution in [0.2, 0.25) is 0 Å². The Balaban J connectivity index is 2.34. The molecule has 1 atom stereocenters. The first-order valence-electron chi connectivity index (χ1n) is 7.13. The number of hydrogen-bond donors (Lipinski definition) is 1. The van der Waals surface area contributed by atoms with Crippen LogP contribution in [0, 0.1) is 0 Å². The van der Waals surface area contributed by atoms with E-state index < -0.39 is 12.5 Å². The second-order valence-corrected chi connectivity index (χ2v) is 4.87. The highest BCUT2D eigenvalue weighted by Crippen LogP contribution is 2.19. The van der Waals surface area contributed by atoms with E-state index in [1.807, 2.05) is 31.2 Å². The first-order chi connectivity index (χ1) is 9.67. The first kappa shape index (κ1) is 14.9. The molecule has 5 heteroatoms. The molecule has 0 radical (unpaired) electrons. The van der Waals surface area contributed by atoms with Crippen LogP contribution in [0.1, 0.15) is 26.1 Å². The zero-order chi connectivity index (χ0) is 14.5. The van der Waals surface area contributed by atoms with Crippen molar-refractivity contribution in [2.24, 2.45) is 0 Å². The van der Waals surface area contributed by atoms with Crippen molar-refractivity contribution in [1.82, 2.24) is 14.9 Å². The van der Waals surface area contributed by atoms with Crippen LogP contribution in [-0.4, -0.2) is 28.6 Å². The van der Waals surface area contributed by atoms with Crippen molar-refractivity contribution in [3.63, 3.8) is 0 Å². The molecule has 110 valence electrons. The molecule has 20 heavy (non-hydrogen) atoms. The van der Waals surface area contributed by atoms with Gasteiger partial charge in [0.25, 0.3) is 6.43 Å². The van der Waals surface area contributed by atoms with E-state index in [1.165, 1.54) is 0 Å². The highest BCUT2D eigenvalue weighted by Gasteiger charge is 2.22. The lowest BCUT2D eigenvalue weighted by Crippen LogP contribution is -2.38. The molecular weight excluding hydrogens is 260 g/mol. The highest BCUT2D eigenvalue weighted by molar-refractivity contribution is 5.75. The van der Waals surface area contributed by atoms with Gasteiger partial charge in [0, 0.05) is 13.0 Å². The zero-order valence-electron chi connectivity index (χ0n) is 11.9. The minimum Gasteiger partial charge on any atom is -0.328 e. The maximum absolute atomic E-state index is 13.0.